The third-order valence-corrected chi connectivity index (χ3v) is 6.32. The van der Waals surface area contributed by atoms with Crippen molar-refractivity contribution in [3.63, 3.8) is 0 Å². The number of amides is 2. The third-order valence-electron chi connectivity index (χ3n) is 5.62. The second kappa shape index (κ2) is 10.5. The molecule has 0 aliphatic heterocycles. The maximum atomic E-state index is 12.9. The zero-order valence-electron chi connectivity index (χ0n) is 19.3. The van der Waals surface area contributed by atoms with Crippen LogP contribution < -0.4 is 26.7 Å². The van der Waals surface area contributed by atoms with Gasteiger partial charge in [-0.1, -0.05) is 6.07 Å². The zero-order valence-corrected chi connectivity index (χ0v) is 20.1. The van der Waals surface area contributed by atoms with Gasteiger partial charge in [-0.15, -0.1) is 0 Å². The molecule has 2 amide bonds. The van der Waals surface area contributed by atoms with Crippen LogP contribution in [0.15, 0.2) is 58.1 Å². The molecule has 0 saturated carbocycles. The summed E-state index contributed by atoms with van der Waals surface area (Å²) < 4.78 is 5.06. The van der Waals surface area contributed by atoms with Crippen molar-refractivity contribution >= 4 is 39.7 Å². The fraction of sp³-hybridized carbons (Fsp3) is 0.200. The Morgan fingerprint density at radius 3 is 2.77 bits per heavy atom. The molecule has 0 spiro atoms. The van der Waals surface area contributed by atoms with Crippen molar-refractivity contribution in [2.24, 2.45) is 5.73 Å². The molecule has 1 atom stereocenters. The minimum atomic E-state index is -0.591. The van der Waals surface area contributed by atoms with Crippen molar-refractivity contribution in [3.8, 4) is 5.88 Å². The number of pyridine rings is 2. The van der Waals surface area contributed by atoms with E-state index in [1.54, 1.807) is 42.5 Å². The topological polar surface area (TPSA) is 139 Å². The Labute approximate surface area is 205 Å². The first kappa shape index (κ1) is 24.1. The number of anilines is 1. The monoisotopic (exact) mass is 491 g/mol. The predicted octanol–water partition coefficient (Wildman–Crippen LogP) is 3.37. The largest absolute Gasteiger partial charge is 0.481 e. The average molecular weight is 492 g/mol. The first-order valence-electron chi connectivity index (χ1n) is 10.9. The summed E-state index contributed by atoms with van der Waals surface area (Å²) in [6, 6.07) is 9.88. The van der Waals surface area contributed by atoms with Crippen LogP contribution in [0.4, 0.5) is 5.69 Å². The van der Waals surface area contributed by atoms with Gasteiger partial charge in [-0.3, -0.25) is 14.4 Å². The highest BCUT2D eigenvalue weighted by Crippen LogP contribution is 2.20. The number of hydrogen-bond acceptors (Lipinski definition) is 7. The average Bonchev–Trinajstić information content (AvgIpc) is 3.39. The van der Waals surface area contributed by atoms with E-state index < -0.39 is 11.5 Å². The van der Waals surface area contributed by atoms with Gasteiger partial charge in [-0.25, -0.2) is 4.98 Å². The van der Waals surface area contributed by atoms with Crippen molar-refractivity contribution in [2.75, 3.05) is 19.0 Å². The highest BCUT2D eigenvalue weighted by Gasteiger charge is 2.16. The molecule has 35 heavy (non-hydrogen) atoms. The highest BCUT2D eigenvalue weighted by atomic mass is 32.1. The van der Waals surface area contributed by atoms with E-state index in [2.05, 4.69) is 20.6 Å². The number of fused-ring (bicyclic) bond motifs is 1. The number of H-pyrrole nitrogens is 1. The summed E-state index contributed by atoms with van der Waals surface area (Å²) >= 11 is 1.58. The lowest BCUT2D eigenvalue weighted by Crippen LogP contribution is -2.27. The lowest BCUT2D eigenvalue weighted by atomic mass is 10.1. The number of nitrogens with two attached hydrogens (primary N) is 1. The van der Waals surface area contributed by atoms with Gasteiger partial charge in [0.25, 0.3) is 17.4 Å². The van der Waals surface area contributed by atoms with Crippen molar-refractivity contribution in [1.82, 2.24) is 15.3 Å². The molecule has 0 saturated heterocycles. The van der Waals surface area contributed by atoms with Crippen LogP contribution >= 0.6 is 11.3 Å². The molecule has 9 nitrogen and oxygen atoms in total. The Hall–Kier alpha value is -4.02. The molecule has 0 radical (unpaired) electrons. The van der Waals surface area contributed by atoms with Gasteiger partial charge in [-0.2, -0.15) is 11.3 Å². The van der Waals surface area contributed by atoms with Crippen LogP contribution in [0, 0.1) is 6.92 Å². The summed E-state index contributed by atoms with van der Waals surface area (Å²) in [7, 11) is 1.48. The first-order chi connectivity index (χ1) is 16.9. The van der Waals surface area contributed by atoms with E-state index in [4.69, 9.17) is 10.5 Å². The number of rotatable bonds is 8. The molecule has 3 heterocycles. The van der Waals surface area contributed by atoms with E-state index in [-0.39, 0.29) is 17.5 Å². The first-order valence-corrected chi connectivity index (χ1v) is 11.8. The number of carbonyl (C=O) groups excluding carboxylic acids is 2. The van der Waals surface area contributed by atoms with Gasteiger partial charge >= 0.3 is 0 Å². The van der Waals surface area contributed by atoms with Crippen molar-refractivity contribution in [1.29, 1.82) is 0 Å². The van der Waals surface area contributed by atoms with Crippen LogP contribution in [0.25, 0.3) is 10.9 Å². The van der Waals surface area contributed by atoms with Crippen LogP contribution in [0.1, 0.15) is 44.3 Å². The van der Waals surface area contributed by atoms with E-state index in [1.165, 1.54) is 19.4 Å². The third kappa shape index (κ3) is 5.56. The van der Waals surface area contributed by atoms with Crippen LogP contribution in [0.2, 0.25) is 0 Å². The van der Waals surface area contributed by atoms with Crippen LogP contribution in [-0.2, 0) is 0 Å². The number of aromatic amines is 1. The lowest BCUT2D eigenvalue weighted by molar-refractivity contribution is 0.0951. The molecule has 180 valence electrons. The Bertz CT molecular complexity index is 1430. The summed E-state index contributed by atoms with van der Waals surface area (Å²) in [4.78, 5) is 44.9. The van der Waals surface area contributed by atoms with Gasteiger partial charge < -0.3 is 26.1 Å². The molecular weight excluding hydrogens is 466 g/mol. The number of benzene rings is 1. The molecule has 4 aromatic rings. The van der Waals surface area contributed by atoms with E-state index >= 15 is 0 Å². The van der Waals surface area contributed by atoms with Gasteiger partial charge in [0.2, 0.25) is 5.88 Å². The molecule has 0 aliphatic carbocycles. The number of nitrogens with zero attached hydrogens (tertiary/aromatic N) is 1. The van der Waals surface area contributed by atoms with E-state index in [0.29, 0.717) is 41.0 Å². The Morgan fingerprint density at radius 1 is 1.20 bits per heavy atom. The van der Waals surface area contributed by atoms with Gasteiger partial charge in [0.15, 0.2) is 0 Å². The molecule has 0 bridgehead atoms. The van der Waals surface area contributed by atoms with Gasteiger partial charge in [0.05, 0.1) is 12.6 Å². The molecule has 0 fully saturated rings. The number of hydrogen-bond donors (Lipinski definition) is 4. The molecule has 1 aromatic carbocycles. The summed E-state index contributed by atoms with van der Waals surface area (Å²) in [5.74, 6) is -0.516. The smallest absolute Gasteiger partial charge is 0.261 e. The second-order valence-electron chi connectivity index (χ2n) is 8.02. The molecule has 10 heteroatoms. The molecule has 4 rings (SSSR count). The van der Waals surface area contributed by atoms with Gasteiger partial charge in [-0.05, 0) is 59.5 Å². The fourth-order valence-electron chi connectivity index (χ4n) is 3.54. The lowest BCUT2D eigenvalue weighted by Gasteiger charge is -2.13. The second-order valence-corrected chi connectivity index (χ2v) is 8.80. The predicted molar refractivity (Wildman–Crippen MR) is 136 cm³/mol. The number of carbonyl (C=O) groups is 2. The Balaban J connectivity index is 1.45. The Morgan fingerprint density at radius 2 is 2.03 bits per heavy atom. The number of nitrogens with one attached hydrogen (secondary N) is 3. The summed E-state index contributed by atoms with van der Waals surface area (Å²) in [5.41, 5.74) is 8.66. The Kier molecular flexibility index (Phi) is 7.23. The maximum absolute atomic E-state index is 12.9. The minimum Gasteiger partial charge on any atom is -0.481 e. The number of ether oxygens (including phenoxy) is 1. The van der Waals surface area contributed by atoms with Gasteiger partial charge in [0.1, 0.15) is 5.56 Å². The van der Waals surface area contributed by atoms with Crippen molar-refractivity contribution in [3.05, 3.63) is 86.0 Å². The van der Waals surface area contributed by atoms with Crippen molar-refractivity contribution < 1.29 is 14.3 Å². The summed E-state index contributed by atoms with van der Waals surface area (Å²) in [6.07, 6.45) is 2.12. The van der Waals surface area contributed by atoms with Crippen molar-refractivity contribution in [2.45, 2.75) is 19.4 Å². The zero-order chi connectivity index (χ0) is 24.9. The van der Waals surface area contributed by atoms with E-state index in [0.717, 1.165) is 11.1 Å². The van der Waals surface area contributed by atoms with Crippen LogP contribution in [-0.4, -0.2) is 35.4 Å². The number of aromatic nitrogens is 2. The molecule has 0 aliphatic rings. The standard InChI is InChI=1S/C25H25N5O4S/c1-14-3-4-15(23(31)27-7-5-19(26)16-6-8-35-13-16)10-20(14)29-24(32)18-9-17-12-28-22(34-2)11-21(17)30-25(18)33/h3-4,6,8-13,19H,5,7,26H2,1-2H3,(H,27,31)(H,29,32)(H,30,33). The minimum absolute atomic E-state index is 0.0684. The summed E-state index contributed by atoms with van der Waals surface area (Å²) in [6.45, 7) is 2.22. The number of thiophene rings is 1. The van der Waals surface area contributed by atoms with Crippen LogP contribution in [0.3, 0.4) is 0 Å². The van der Waals surface area contributed by atoms with Crippen LogP contribution in [0.5, 0.6) is 5.88 Å². The number of aryl methyl sites for hydroxylation is 1. The quantitative estimate of drug-likeness (QED) is 0.298. The normalized spacial score (nSPS) is 11.7. The molecular formula is C25H25N5O4S. The van der Waals surface area contributed by atoms with E-state index in [1.807, 2.05) is 16.8 Å². The molecule has 5 N–H and O–H groups in total. The fourth-order valence-corrected chi connectivity index (χ4v) is 4.27. The molecule has 1 unspecified atom stereocenters. The SMILES string of the molecule is COc1cc2[nH]c(=O)c(C(=O)Nc3cc(C(=O)NCCC(N)c4ccsc4)ccc3C)cc2cn1. The molecule has 3 aromatic heterocycles. The highest BCUT2D eigenvalue weighted by molar-refractivity contribution is 7.07. The van der Waals surface area contributed by atoms with E-state index in [9.17, 15) is 14.4 Å². The summed E-state index contributed by atoms with van der Waals surface area (Å²) in [5, 5.41) is 10.1. The number of methoxy groups -OCH3 is 1. The maximum Gasteiger partial charge on any atom is 0.261 e. The van der Waals surface area contributed by atoms with Gasteiger partial charge in [0, 0.05) is 41.5 Å².